The third kappa shape index (κ3) is 17.8. The molecule has 6 N–H and O–H groups in total. The van der Waals surface area contributed by atoms with Crippen molar-refractivity contribution < 1.29 is 29.7 Å². The van der Waals surface area contributed by atoms with Gasteiger partial charge in [-0.2, -0.15) is 0 Å². The Morgan fingerprint density at radius 2 is 1.61 bits per heavy atom. The van der Waals surface area contributed by atoms with E-state index in [1.54, 1.807) is 0 Å². The normalized spacial score (nSPS) is 14.3. The molecule has 9 heteroatoms. The highest BCUT2D eigenvalue weighted by atomic mass is 32.2. The van der Waals surface area contributed by atoms with Crippen LogP contribution < -0.4 is 11.1 Å². The van der Waals surface area contributed by atoms with Crippen LogP contribution in [0.2, 0.25) is 0 Å². The zero-order valence-corrected chi connectivity index (χ0v) is 19.4. The summed E-state index contributed by atoms with van der Waals surface area (Å²) in [6.45, 7) is 1.71. The van der Waals surface area contributed by atoms with Crippen LogP contribution >= 0.6 is 11.8 Å². The van der Waals surface area contributed by atoms with E-state index in [-0.39, 0.29) is 23.8 Å². The maximum Gasteiger partial charge on any atom is 0.322 e. The Hall–Kier alpha value is -1.58. The molecule has 0 aliphatic heterocycles. The van der Waals surface area contributed by atoms with Crippen LogP contribution in [0.15, 0.2) is 12.2 Å². The predicted octanol–water partition coefficient (Wildman–Crippen LogP) is 2.93. The van der Waals surface area contributed by atoms with E-state index < -0.39 is 36.5 Å². The molecule has 0 saturated carbocycles. The minimum atomic E-state index is -1.15. The lowest BCUT2D eigenvalue weighted by Crippen LogP contribution is -2.44. The Balaban J connectivity index is 4.43. The molecule has 0 aromatic heterocycles. The summed E-state index contributed by atoms with van der Waals surface area (Å²) in [5.74, 6) is -2.52. The number of aliphatic carboxylic acids is 2. The van der Waals surface area contributed by atoms with Crippen molar-refractivity contribution in [1.29, 1.82) is 0 Å². The van der Waals surface area contributed by atoms with Crippen molar-refractivity contribution in [1.82, 2.24) is 5.32 Å². The summed E-state index contributed by atoms with van der Waals surface area (Å²) in [7, 11) is 0. The number of allylic oxidation sites excluding steroid dienone is 1. The van der Waals surface area contributed by atoms with Crippen LogP contribution in [0.3, 0.4) is 0 Å². The number of aliphatic hydroxyl groups excluding tert-OH is 1. The molecule has 0 saturated heterocycles. The highest BCUT2D eigenvalue weighted by Crippen LogP contribution is 2.21. The van der Waals surface area contributed by atoms with Crippen molar-refractivity contribution in [3.63, 3.8) is 0 Å². The molecule has 0 radical (unpaired) electrons. The largest absolute Gasteiger partial charge is 0.481 e. The molecule has 3 unspecified atom stereocenters. The van der Waals surface area contributed by atoms with Crippen molar-refractivity contribution in [3.8, 4) is 0 Å². The van der Waals surface area contributed by atoms with Crippen molar-refractivity contribution in [2.45, 2.75) is 94.9 Å². The summed E-state index contributed by atoms with van der Waals surface area (Å²) < 4.78 is 0. The first-order chi connectivity index (χ1) is 14.8. The number of nitrogens with one attached hydrogen (secondary N) is 1. The fraction of sp³-hybridized carbons (Fsp3) is 0.773. The van der Waals surface area contributed by atoms with Crippen LogP contribution in [0.4, 0.5) is 0 Å². The molecule has 0 aromatic carbocycles. The number of hydrogen-bond acceptors (Lipinski definition) is 6. The molecular weight excluding hydrogens is 420 g/mol. The number of carboxylic acids is 2. The molecule has 3 atom stereocenters. The zero-order valence-electron chi connectivity index (χ0n) is 18.6. The van der Waals surface area contributed by atoms with E-state index in [1.165, 1.54) is 50.3 Å². The van der Waals surface area contributed by atoms with Gasteiger partial charge in [0.15, 0.2) is 0 Å². The molecule has 180 valence electrons. The minimum Gasteiger partial charge on any atom is -0.481 e. The first kappa shape index (κ1) is 29.4. The van der Waals surface area contributed by atoms with Crippen molar-refractivity contribution in [2.24, 2.45) is 5.73 Å². The Bertz CT molecular complexity index is 544. The number of hydrogen-bond donors (Lipinski definition) is 5. The number of nitrogens with two attached hydrogens (primary N) is 1. The average molecular weight is 461 g/mol. The summed E-state index contributed by atoms with van der Waals surface area (Å²) in [5.41, 5.74) is 5.80. The molecular formula is C22H40N2O6S. The summed E-state index contributed by atoms with van der Waals surface area (Å²) in [4.78, 5) is 33.1. The number of rotatable bonds is 20. The third-order valence-corrected chi connectivity index (χ3v) is 6.21. The van der Waals surface area contributed by atoms with Gasteiger partial charge in [-0.3, -0.25) is 14.4 Å². The molecule has 0 aliphatic carbocycles. The van der Waals surface area contributed by atoms with Gasteiger partial charge in [0.25, 0.3) is 0 Å². The number of aliphatic hydroxyl groups is 1. The molecule has 0 heterocycles. The zero-order chi connectivity index (χ0) is 23.5. The van der Waals surface area contributed by atoms with Gasteiger partial charge in [0.05, 0.1) is 12.1 Å². The lowest BCUT2D eigenvalue weighted by molar-refractivity contribution is -0.138. The molecule has 0 spiro atoms. The van der Waals surface area contributed by atoms with E-state index in [9.17, 15) is 19.5 Å². The number of carboxylic acid groups (broad SMARTS) is 2. The van der Waals surface area contributed by atoms with Crippen LogP contribution in [0.25, 0.3) is 0 Å². The van der Waals surface area contributed by atoms with Crippen molar-refractivity contribution in [3.05, 3.63) is 12.2 Å². The highest BCUT2D eigenvalue weighted by Gasteiger charge is 2.21. The van der Waals surface area contributed by atoms with Gasteiger partial charge in [-0.25, -0.2) is 0 Å². The van der Waals surface area contributed by atoms with Crippen LogP contribution in [0.5, 0.6) is 0 Å². The van der Waals surface area contributed by atoms with Gasteiger partial charge < -0.3 is 26.4 Å². The van der Waals surface area contributed by atoms with Gasteiger partial charge in [0.2, 0.25) is 5.91 Å². The lowest BCUT2D eigenvalue weighted by Gasteiger charge is -2.21. The molecule has 0 bridgehead atoms. The second kappa shape index (κ2) is 19.1. The van der Waals surface area contributed by atoms with E-state index in [2.05, 4.69) is 12.2 Å². The fourth-order valence-corrected chi connectivity index (χ4v) is 4.10. The second-order valence-electron chi connectivity index (χ2n) is 7.71. The summed E-state index contributed by atoms with van der Waals surface area (Å²) in [6, 6.07) is -0.917. The number of amides is 1. The molecule has 0 aromatic rings. The second-order valence-corrected chi connectivity index (χ2v) is 8.92. The van der Waals surface area contributed by atoms with E-state index in [0.29, 0.717) is 0 Å². The first-order valence-corrected chi connectivity index (χ1v) is 12.3. The fourth-order valence-electron chi connectivity index (χ4n) is 2.94. The van der Waals surface area contributed by atoms with E-state index in [1.807, 2.05) is 12.2 Å². The predicted molar refractivity (Wildman–Crippen MR) is 124 cm³/mol. The summed E-state index contributed by atoms with van der Waals surface area (Å²) in [6.07, 6.45) is 13.7. The Kier molecular flexibility index (Phi) is 18.2. The van der Waals surface area contributed by atoms with Crippen LogP contribution in [-0.2, 0) is 14.4 Å². The Labute approximate surface area is 190 Å². The molecule has 8 nitrogen and oxygen atoms in total. The van der Waals surface area contributed by atoms with Gasteiger partial charge in [0.1, 0.15) is 6.54 Å². The van der Waals surface area contributed by atoms with Gasteiger partial charge in [-0.05, 0) is 19.3 Å². The SMILES string of the molecule is CCCCCCCCCCC=CC(SCC(N)C(=O)NCC(=O)O)C(O)CCC(=O)O. The van der Waals surface area contributed by atoms with Gasteiger partial charge >= 0.3 is 11.9 Å². The number of carbonyl (C=O) groups excluding carboxylic acids is 1. The number of thioether (sulfide) groups is 1. The van der Waals surface area contributed by atoms with Gasteiger partial charge in [0, 0.05) is 17.4 Å². The van der Waals surface area contributed by atoms with E-state index in [4.69, 9.17) is 15.9 Å². The molecule has 0 rings (SSSR count). The molecule has 0 fully saturated rings. The van der Waals surface area contributed by atoms with Gasteiger partial charge in [-0.15, -0.1) is 11.8 Å². The number of unbranched alkanes of at least 4 members (excludes halogenated alkanes) is 8. The smallest absolute Gasteiger partial charge is 0.322 e. The van der Waals surface area contributed by atoms with Crippen LogP contribution in [-0.4, -0.2) is 62.9 Å². The van der Waals surface area contributed by atoms with Crippen molar-refractivity contribution >= 4 is 29.6 Å². The maximum atomic E-state index is 11.8. The molecule has 31 heavy (non-hydrogen) atoms. The van der Waals surface area contributed by atoms with E-state index >= 15 is 0 Å². The first-order valence-electron chi connectivity index (χ1n) is 11.2. The molecule has 1 amide bonds. The minimum absolute atomic E-state index is 0.107. The van der Waals surface area contributed by atoms with E-state index in [0.717, 1.165) is 19.3 Å². The highest BCUT2D eigenvalue weighted by molar-refractivity contribution is 8.00. The maximum absolute atomic E-state index is 11.8. The summed E-state index contributed by atoms with van der Waals surface area (Å²) >= 11 is 1.27. The topological polar surface area (TPSA) is 150 Å². The Morgan fingerprint density at radius 3 is 2.19 bits per heavy atom. The number of carbonyl (C=O) groups is 3. The molecule has 0 aliphatic rings. The van der Waals surface area contributed by atoms with Crippen LogP contribution in [0.1, 0.15) is 77.6 Å². The Morgan fingerprint density at radius 1 is 1.00 bits per heavy atom. The monoisotopic (exact) mass is 460 g/mol. The average Bonchev–Trinajstić information content (AvgIpc) is 2.73. The van der Waals surface area contributed by atoms with Crippen LogP contribution in [0, 0.1) is 0 Å². The van der Waals surface area contributed by atoms with Gasteiger partial charge in [-0.1, -0.05) is 64.0 Å². The quantitative estimate of drug-likeness (QED) is 0.137. The van der Waals surface area contributed by atoms with Crippen molar-refractivity contribution in [2.75, 3.05) is 12.3 Å². The standard InChI is InChI=1S/C22H40N2O6S/c1-2-3-4-5-6-7-8-9-10-11-12-19(18(25)13-14-20(26)27)31-16-17(23)22(30)24-15-21(28)29/h11-12,17-19,25H,2-10,13-16,23H2,1H3,(H,24,30)(H,26,27)(H,28,29). The summed E-state index contributed by atoms with van der Waals surface area (Å²) in [5, 5.41) is 29.7. The third-order valence-electron chi connectivity index (χ3n) is 4.80. The lowest BCUT2D eigenvalue weighted by atomic mass is 10.1.